The minimum atomic E-state index is -0.578. The second kappa shape index (κ2) is 6.79. The number of rotatable bonds is 5. The van der Waals surface area contributed by atoms with Crippen molar-refractivity contribution in [2.45, 2.75) is 32.4 Å². The Labute approximate surface area is 135 Å². The van der Waals surface area contributed by atoms with E-state index < -0.39 is 5.60 Å². The van der Waals surface area contributed by atoms with Crippen LogP contribution < -0.4 is 10.1 Å². The van der Waals surface area contributed by atoms with Crippen LogP contribution in [-0.4, -0.2) is 22.5 Å². The van der Waals surface area contributed by atoms with E-state index in [-0.39, 0.29) is 11.9 Å². The molecule has 0 radical (unpaired) electrons. The predicted octanol–water partition coefficient (Wildman–Crippen LogP) is 3.71. The van der Waals surface area contributed by atoms with Crippen LogP contribution in [0.4, 0.5) is 0 Å². The Kier molecular flexibility index (Phi) is 5.03. The number of aromatic nitrogens is 1. The van der Waals surface area contributed by atoms with Crippen LogP contribution in [0.15, 0.2) is 48.8 Å². The molecule has 2 aromatic rings. The van der Waals surface area contributed by atoms with Crippen molar-refractivity contribution in [3.63, 3.8) is 0 Å². The van der Waals surface area contributed by atoms with Crippen molar-refractivity contribution >= 4 is 17.5 Å². The highest BCUT2D eigenvalue weighted by Crippen LogP contribution is 2.23. The van der Waals surface area contributed by atoms with E-state index in [1.54, 1.807) is 42.6 Å². The number of hydrogen-bond donors (Lipinski definition) is 1. The molecule has 0 aliphatic rings. The predicted molar refractivity (Wildman–Crippen MR) is 87.3 cm³/mol. The van der Waals surface area contributed by atoms with E-state index in [9.17, 15) is 4.79 Å². The van der Waals surface area contributed by atoms with Crippen molar-refractivity contribution in [2.24, 2.45) is 0 Å². The molecule has 1 unspecified atom stereocenters. The number of hydrogen-bond acceptors (Lipinski definition) is 3. The number of nitrogens with one attached hydrogen (secondary N) is 1. The summed E-state index contributed by atoms with van der Waals surface area (Å²) in [4.78, 5) is 16.1. The van der Waals surface area contributed by atoms with Crippen molar-refractivity contribution in [3.8, 4) is 5.75 Å². The van der Waals surface area contributed by atoms with Gasteiger partial charge in [0.1, 0.15) is 11.4 Å². The first-order chi connectivity index (χ1) is 10.4. The maximum atomic E-state index is 12.2. The van der Waals surface area contributed by atoms with Gasteiger partial charge < -0.3 is 10.1 Å². The van der Waals surface area contributed by atoms with E-state index >= 15 is 0 Å². The lowest BCUT2D eigenvalue weighted by Crippen LogP contribution is -2.50. The normalized spacial score (nSPS) is 12.5. The third-order valence-electron chi connectivity index (χ3n) is 3.51. The van der Waals surface area contributed by atoms with Crippen molar-refractivity contribution in [1.29, 1.82) is 0 Å². The van der Waals surface area contributed by atoms with E-state index in [1.165, 1.54) is 6.20 Å². The summed E-state index contributed by atoms with van der Waals surface area (Å²) >= 11 is 5.86. The summed E-state index contributed by atoms with van der Waals surface area (Å²) < 4.78 is 5.97. The van der Waals surface area contributed by atoms with Crippen LogP contribution in [0, 0.1) is 0 Å². The minimum Gasteiger partial charge on any atom is -0.486 e. The number of carbonyl (C=O) groups excluding carboxylic acids is 1. The number of halogens is 1. The smallest absolute Gasteiger partial charge is 0.253 e. The van der Waals surface area contributed by atoms with Crippen LogP contribution in [0.1, 0.15) is 31.1 Å². The number of carbonyl (C=O) groups is 1. The van der Waals surface area contributed by atoms with Crippen LogP contribution in [-0.2, 0) is 0 Å². The molecule has 5 heteroatoms. The molecule has 1 amide bonds. The summed E-state index contributed by atoms with van der Waals surface area (Å²) in [5, 5.41) is 3.59. The van der Waals surface area contributed by atoms with Crippen molar-refractivity contribution in [1.82, 2.24) is 10.3 Å². The van der Waals surface area contributed by atoms with Gasteiger partial charge in [-0.1, -0.05) is 11.6 Å². The maximum absolute atomic E-state index is 12.2. The van der Waals surface area contributed by atoms with Gasteiger partial charge in [0.15, 0.2) is 0 Å². The van der Waals surface area contributed by atoms with Crippen molar-refractivity contribution in [3.05, 3.63) is 59.4 Å². The summed E-state index contributed by atoms with van der Waals surface area (Å²) in [5.74, 6) is 0.533. The number of nitrogens with zero attached hydrogens (tertiary/aromatic N) is 1. The van der Waals surface area contributed by atoms with Crippen LogP contribution in [0.25, 0.3) is 0 Å². The molecule has 1 aromatic carbocycles. The Balaban J connectivity index is 2.02. The first kappa shape index (κ1) is 16.3. The first-order valence-electron chi connectivity index (χ1n) is 7.04. The molecule has 0 spiro atoms. The Bertz CT molecular complexity index is 627. The second-order valence-electron chi connectivity index (χ2n) is 5.60. The fraction of sp³-hybridized carbons (Fsp3) is 0.294. The summed E-state index contributed by atoms with van der Waals surface area (Å²) in [6.07, 6.45) is 3.17. The largest absolute Gasteiger partial charge is 0.486 e. The maximum Gasteiger partial charge on any atom is 0.253 e. The van der Waals surface area contributed by atoms with Gasteiger partial charge in [0.2, 0.25) is 0 Å². The van der Waals surface area contributed by atoms with E-state index in [0.29, 0.717) is 16.3 Å². The van der Waals surface area contributed by atoms with Gasteiger partial charge in [-0.25, -0.2) is 0 Å². The Morgan fingerprint density at radius 3 is 2.55 bits per heavy atom. The Hall–Kier alpha value is -2.07. The third-order valence-corrected chi connectivity index (χ3v) is 3.76. The highest BCUT2D eigenvalue weighted by molar-refractivity contribution is 6.30. The topological polar surface area (TPSA) is 51.2 Å². The lowest BCUT2D eigenvalue weighted by atomic mass is 9.99. The average molecular weight is 319 g/mol. The standard InChI is InChI=1S/C17H19ClN2O2/c1-12(20-16(21)13-5-4-10-19-11-13)17(2,3)22-15-8-6-14(18)7-9-15/h4-12H,1-3H3,(H,20,21). The zero-order valence-electron chi connectivity index (χ0n) is 12.8. The Morgan fingerprint density at radius 2 is 1.95 bits per heavy atom. The summed E-state index contributed by atoms with van der Waals surface area (Å²) in [7, 11) is 0. The number of amides is 1. The molecule has 0 aliphatic carbocycles. The molecule has 116 valence electrons. The molecule has 0 aliphatic heterocycles. The fourth-order valence-corrected chi connectivity index (χ4v) is 1.97. The lowest BCUT2D eigenvalue weighted by Gasteiger charge is -2.33. The highest BCUT2D eigenvalue weighted by atomic mass is 35.5. The summed E-state index contributed by atoms with van der Waals surface area (Å²) in [6.45, 7) is 5.76. The van der Waals surface area contributed by atoms with Gasteiger partial charge in [-0.05, 0) is 57.2 Å². The molecule has 1 atom stereocenters. The average Bonchev–Trinajstić information content (AvgIpc) is 2.50. The van der Waals surface area contributed by atoms with Gasteiger partial charge in [-0.15, -0.1) is 0 Å². The zero-order chi connectivity index (χ0) is 16.2. The van der Waals surface area contributed by atoms with E-state index in [4.69, 9.17) is 16.3 Å². The van der Waals surface area contributed by atoms with Crippen LogP contribution >= 0.6 is 11.6 Å². The lowest BCUT2D eigenvalue weighted by molar-refractivity contribution is 0.0612. The first-order valence-corrected chi connectivity index (χ1v) is 7.42. The molecule has 2 rings (SSSR count). The minimum absolute atomic E-state index is 0.173. The van der Waals surface area contributed by atoms with Crippen LogP contribution in [0.2, 0.25) is 5.02 Å². The van der Waals surface area contributed by atoms with Gasteiger partial charge in [0, 0.05) is 17.4 Å². The summed E-state index contributed by atoms with van der Waals surface area (Å²) in [6, 6.07) is 10.4. The van der Waals surface area contributed by atoms with E-state index in [2.05, 4.69) is 10.3 Å². The van der Waals surface area contributed by atoms with Gasteiger partial charge >= 0.3 is 0 Å². The van der Waals surface area contributed by atoms with Crippen molar-refractivity contribution in [2.75, 3.05) is 0 Å². The molecule has 0 bridgehead atoms. The van der Waals surface area contributed by atoms with Crippen LogP contribution in [0.5, 0.6) is 5.75 Å². The van der Waals surface area contributed by atoms with Gasteiger partial charge in [0.05, 0.1) is 11.6 Å². The number of benzene rings is 1. The quantitative estimate of drug-likeness (QED) is 0.914. The SMILES string of the molecule is CC(NC(=O)c1cccnc1)C(C)(C)Oc1ccc(Cl)cc1. The molecule has 22 heavy (non-hydrogen) atoms. The summed E-state index contributed by atoms with van der Waals surface area (Å²) in [5.41, 5.74) is -0.0530. The molecule has 1 aromatic heterocycles. The zero-order valence-corrected chi connectivity index (χ0v) is 13.6. The number of pyridine rings is 1. The molecule has 4 nitrogen and oxygen atoms in total. The molecule has 0 fully saturated rings. The molecule has 0 saturated carbocycles. The van der Waals surface area contributed by atoms with Crippen molar-refractivity contribution < 1.29 is 9.53 Å². The molecular formula is C17H19ClN2O2. The van der Waals surface area contributed by atoms with Gasteiger partial charge in [-0.2, -0.15) is 0 Å². The van der Waals surface area contributed by atoms with E-state index in [0.717, 1.165) is 0 Å². The third kappa shape index (κ3) is 4.21. The molecule has 0 saturated heterocycles. The van der Waals surface area contributed by atoms with Gasteiger partial charge in [0.25, 0.3) is 5.91 Å². The molecule has 1 N–H and O–H groups in total. The van der Waals surface area contributed by atoms with Crippen LogP contribution in [0.3, 0.4) is 0 Å². The highest BCUT2D eigenvalue weighted by Gasteiger charge is 2.29. The monoisotopic (exact) mass is 318 g/mol. The molecule has 1 heterocycles. The van der Waals surface area contributed by atoms with Gasteiger partial charge in [-0.3, -0.25) is 9.78 Å². The Morgan fingerprint density at radius 1 is 1.27 bits per heavy atom. The molecular weight excluding hydrogens is 300 g/mol. The van der Waals surface area contributed by atoms with E-state index in [1.807, 2.05) is 20.8 Å². The second-order valence-corrected chi connectivity index (χ2v) is 6.03. The fourth-order valence-electron chi connectivity index (χ4n) is 1.85. The number of ether oxygens (including phenoxy) is 1.